The fourth-order valence-corrected chi connectivity index (χ4v) is 8.08. The van der Waals surface area contributed by atoms with E-state index in [1.165, 1.54) is 49.3 Å². The van der Waals surface area contributed by atoms with E-state index in [4.69, 9.17) is 4.98 Å². The van der Waals surface area contributed by atoms with Crippen molar-refractivity contribution < 1.29 is 20.1 Å². The Hall–Kier alpha value is -3.69. The first-order valence-electron chi connectivity index (χ1n) is 17.5. The second-order valence-electron chi connectivity index (χ2n) is 17.1. The fraction of sp³-hybridized carbons (Fsp3) is 0.304. The van der Waals surface area contributed by atoms with Crippen LogP contribution in [0.2, 0.25) is 19.6 Å². The molecule has 0 bridgehead atoms. The third kappa shape index (κ3) is 7.35. The van der Waals surface area contributed by atoms with Crippen molar-refractivity contribution in [1.82, 2.24) is 9.97 Å². The van der Waals surface area contributed by atoms with Gasteiger partial charge < -0.3 is 9.97 Å². The van der Waals surface area contributed by atoms with Crippen LogP contribution in [-0.4, -0.2) is 18.0 Å². The van der Waals surface area contributed by atoms with Gasteiger partial charge in [0.05, 0.1) is 8.07 Å². The summed E-state index contributed by atoms with van der Waals surface area (Å²) in [6, 6.07) is 39.5. The summed E-state index contributed by atoms with van der Waals surface area (Å²) in [6.07, 6.45) is 3.86. The first-order chi connectivity index (χ1) is 23.0. The molecular weight excluding hydrogens is 801 g/mol. The van der Waals surface area contributed by atoms with E-state index in [0.29, 0.717) is 0 Å². The van der Waals surface area contributed by atoms with Gasteiger partial charge in [0, 0.05) is 37.9 Å². The van der Waals surface area contributed by atoms with E-state index in [1.54, 1.807) is 0 Å². The van der Waals surface area contributed by atoms with Gasteiger partial charge in [-0.05, 0) is 72.9 Å². The third-order valence-corrected chi connectivity index (χ3v) is 12.0. The summed E-state index contributed by atoms with van der Waals surface area (Å²) in [4.78, 5) is 9.40. The Morgan fingerprint density at radius 2 is 1.30 bits per heavy atom. The fourth-order valence-electron chi connectivity index (χ4n) is 6.92. The number of pyridine rings is 2. The molecule has 0 unspecified atom stereocenters. The van der Waals surface area contributed by atoms with Crippen molar-refractivity contribution in [3.8, 4) is 33.6 Å². The number of fused-ring (bicyclic) bond motifs is 5. The van der Waals surface area contributed by atoms with Crippen LogP contribution in [0, 0.1) is 12.1 Å². The number of nitrogens with zero attached hydrogens (tertiary/aromatic N) is 2. The minimum atomic E-state index is -1.41. The predicted molar refractivity (Wildman–Crippen MR) is 212 cm³/mol. The average Bonchev–Trinajstić information content (AvgIpc) is 3.31. The summed E-state index contributed by atoms with van der Waals surface area (Å²) in [7, 11) is -1.41. The molecule has 0 saturated carbocycles. The van der Waals surface area contributed by atoms with E-state index in [1.807, 2.05) is 18.5 Å². The van der Waals surface area contributed by atoms with Gasteiger partial charge in [-0.15, -0.1) is 70.4 Å². The Morgan fingerprint density at radius 1 is 0.660 bits per heavy atom. The molecule has 259 valence electrons. The van der Waals surface area contributed by atoms with Crippen molar-refractivity contribution >= 4 is 24.0 Å². The maximum atomic E-state index is 4.89. The Bertz CT molecular complexity index is 2100. The van der Waals surface area contributed by atoms with Crippen LogP contribution in [0.15, 0.2) is 103 Å². The molecule has 0 atom stereocenters. The second-order valence-corrected chi connectivity index (χ2v) is 22.2. The molecule has 2 nitrogen and oxygen atoms in total. The first-order valence-corrected chi connectivity index (χ1v) is 21.0. The van der Waals surface area contributed by atoms with Gasteiger partial charge in [0.25, 0.3) is 0 Å². The van der Waals surface area contributed by atoms with Gasteiger partial charge in [-0.1, -0.05) is 117 Å². The smallest absolute Gasteiger partial charge is 0.0571 e. The minimum Gasteiger partial charge on any atom is -0.305 e. The molecule has 6 aromatic rings. The van der Waals surface area contributed by atoms with E-state index in [9.17, 15) is 0 Å². The van der Waals surface area contributed by atoms with E-state index in [-0.39, 0.29) is 36.4 Å². The van der Waals surface area contributed by atoms with Crippen LogP contribution >= 0.6 is 0 Å². The number of hydrogen-bond acceptors (Lipinski definition) is 2. The molecule has 4 heteroatoms. The van der Waals surface area contributed by atoms with E-state index < -0.39 is 8.07 Å². The molecule has 1 aliphatic carbocycles. The summed E-state index contributed by atoms with van der Waals surface area (Å²) in [5.41, 5.74) is 12.5. The Labute approximate surface area is 315 Å². The predicted octanol–water partition coefficient (Wildman–Crippen LogP) is 11.7. The molecule has 0 aliphatic heterocycles. The second kappa shape index (κ2) is 13.8. The van der Waals surface area contributed by atoms with Gasteiger partial charge in [0.1, 0.15) is 0 Å². The molecule has 7 rings (SSSR count). The van der Waals surface area contributed by atoms with Crippen molar-refractivity contribution in [2.75, 3.05) is 0 Å². The van der Waals surface area contributed by atoms with Gasteiger partial charge >= 0.3 is 0 Å². The normalized spacial score (nSPS) is 13.5. The molecule has 0 spiro atoms. The number of benzene rings is 4. The number of rotatable bonds is 3. The molecular formula is C46H50IrN2Si-2. The minimum absolute atomic E-state index is 0. The standard InChI is InChI=1S/C27H26NSi.C19H24N.Ir/c1-27(2)23-14-13-18-9-6-7-12-21(18)24(23)22-15-16-28-26(25(22)27)19-10-8-11-20(17-19)29(3,4)5;1-18(2,3)15-9-7-8-14(12-15)17-13-16(10-11-20-17)19(4,5)6;/h6-9,11-17H,1-5H3;7,9-13H,1-6H3;/q2*-1;. The Morgan fingerprint density at radius 3 is 2.00 bits per heavy atom. The Kier molecular flexibility index (Phi) is 10.4. The first kappa shape index (κ1) is 37.6. The molecule has 0 fully saturated rings. The van der Waals surface area contributed by atoms with Gasteiger partial charge in [-0.25, -0.2) is 0 Å². The van der Waals surface area contributed by atoms with Crippen molar-refractivity contribution in [2.24, 2.45) is 0 Å². The maximum absolute atomic E-state index is 4.89. The number of aromatic nitrogens is 2. The molecule has 0 amide bonds. The molecule has 1 radical (unpaired) electrons. The Balaban J connectivity index is 0.000000204. The zero-order valence-corrected chi connectivity index (χ0v) is 34.9. The van der Waals surface area contributed by atoms with Crippen molar-refractivity contribution in [2.45, 2.75) is 91.3 Å². The van der Waals surface area contributed by atoms with Crippen LogP contribution in [0.1, 0.15) is 77.6 Å². The van der Waals surface area contributed by atoms with E-state index in [0.717, 1.165) is 22.5 Å². The zero-order chi connectivity index (χ0) is 35.4. The van der Waals surface area contributed by atoms with Gasteiger partial charge in [-0.2, -0.15) is 0 Å². The molecule has 1 aliphatic rings. The van der Waals surface area contributed by atoms with Crippen molar-refractivity contribution in [1.29, 1.82) is 0 Å². The molecule has 2 heterocycles. The van der Waals surface area contributed by atoms with Crippen molar-refractivity contribution in [3.63, 3.8) is 0 Å². The summed E-state index contributed by atoms with van der Waals surface area (Å²) in [5, 5.41) is 4.07. The van der Waals surface area contributed by atoms with Crippen molar-refractivity contribution in [3.05, 3.63) is 138 Å². The van der Waals surface area contributed by atoms with E-state index >= 15 is 0 Å². The molecule has 4 aromatic carbocycles. The number of hydrogen-bond donors (Lipinski definition) is 0. The van der Waals surface area contributed by atoms with E-state index in [2.05, 4.69) is 177 Å². The largest absolute Gasteiger partial charge is 0.305 e. The monoisotopic (exact) mass is 851 g/mol. The van der Waals surface area contributed by atoms with Gasteiger partial charge in [-0.3, -0.25) is 0 Å². The molecule has 0 N–H and O–H groups in total. The van der Waals surface area contributed by atoms with Crippen LogP contribution < -0.4 is 5.19 Å². The van der Waals surface area contributed by atoms with Crippen LogP contribution in [0.4, 0.5) is 0 Å². The molecule has 0 saturated heterocycles. The van der Waals surface area contributed by atoms with Crippen LogP contribution in [0.3, 0.4) is 0 Å². The van der Waals surface area contributed by atoms with Crippen LogP contribution in [-0.2, 0) is 36.4 Å². The summed E-state index contributed by atoms with van der Waals surface area (Å²) in [5.74, 6) is 0. The topological polar surface area (TPSA) is 25.8 Å². The summed E-state index contributed by atoms with van der Waals surface area (Å²) < 4.78 is 0. The summed E-state index contributed by atoms with van der Waals surface area (Å²) >= 11 is 0. The van der Waals surface area contributed by atoms with Crippen LogP contribution in [0.25, 0.3) is 44.4 Å². The molecule has 2 aromatic heterocycles. The SMILES string of the molecule is CC(C)(C)c1cc[c-]c(-c2cc(C(C)(C)C)ccn2)c1.CC1(C)c2ccc3ccccc3c2-c2ccnc(-c3[c-]ccc([Si](C)(C)C)c3)c21.[Ir]. The third-order valence-electron chi connectivity index (χ3n) is 9.94. The van der Waals surface area contributed by atoms with Gasteiger partial charge in [0.15, 0.2) is 0 Å². The van der Waals surface area contributed by atoms with Gasteiger partial charge in [0.2, 0.25) is 0 Å². The quantitative estimate of drug-likeness (QED) is 0.131. The molecule has 50 heavy (non-hydrogen) atoms. The van der Waals surface area contributed by atoms with Crippen LogP contribution in [0.5, 0.6) is 0 Å². The maximum Gasteiger partial charge on any atom is 0.0571 e. The average molecular weight is 851 g/mol. The zero-order valence-electron chi connectivity index (χ0n) is 31.5. The summed E-state index contributed by atoms with van der Waals surface area (Å²) in [6.45, 7) is 25.2.